The summed E-state index contributed by atoms with van der Waals surface area (Å²) in [6.45, 7) is 0. The van der Waals surface area contributed by atoms with Crippen LogP contribution in [-0.2, 0) is 11.2 Å². The molecule has 20 heavy (non-hydrogen) atoms. The van der Waals surface area contributed by atoms with Crippen molar-refractivity contribution in [1.29, 1.82) is 0 Å². The van der Waals surface area contributed by atoms with Gasteiger partial charge in [0.1, 0.15) is 0 Å². The molecule has 1 nitrogen and oxygen atoms in total. The first-order valence-electron chi connectivity index (χ1n) is 7.14. The van der Waals surface area contributed by atoms with Crippen LogP contribution >= 0.6 is 0 Å². The molecule has 0 fully saturated rings. The number of benzene rings is 3. The van der Waals surface area contributed by atoms with Crippen molar-refractivity contribution in [2.24, 2.45) is 0 Å². The summed E-state index contributed by atoms with van der Waals surface area (Å²) in [4.78, 5) is 10.3. The van der Waals surface area contributed by atoms with Gasteiger partial charge in [-0.3, -0.25) is 4.79 Å². The van der Waals surface area contributed by atoms with E-state index in [1.165, 1.54) is 27.1 Å². The summed E-state index contributed by atoms with van der Waals surface area (Å²) in [5, 5.41) is 5.26. The van der Waals surface area contributed by atoms with Gasteiger partial charge in [0.15, 0.2) is 6.29 Å². The summed E-state index contributed by atoms with van der Waals surface area (Å²) in [6, 6.07) is 19.4. The Morgan fingerprint density at radius 2 is 1.40 bits per heavy atom. The topological polar surface area (TPSA) is 17.1 Å². The van der Waals surface area contributed by atoms with Crippen molar-refractivity contribution in [2.45, 2.75) is 25.7 Å². The number of rotatable bonds is 5. The summed E-state index contributed by atoms with van der Waals surface area (Å²) in [5.74, 6) is 0. The monoisotopic (exact) mass is 261 g/mol. The van der Waals surface area contributed by atoms with Gasteiger partial charge >= 0.3 is 0 Å². The van der Waals surface area contributed by atoms with Crippen LogP contribution < -0.4 is 0 Å². The minimum Gasteiger partial charge on any atom is -0.291 e. The van der Waals surface area contributed by atoms with E-state index in [2.05, 4.69) is 54.6 Å². The first kappa shape index (κ1) is 12.9. The zero-order chi connectivity index (χ0) is 13.8. The molecule has 0 saturated carbocycles. The third kappa shape index (κ3) is 2.44. The SMILES string of the molecule is O=[C]CCCCc1c2ccccc2cc2ccccc12. The summed E-state index contributed by atoms with van der Waals surface area (Å²) < 4.78 is 0. The van der Waals surface area contributed by atoms with Gasteiger partial charge in [0, 0.05) is 6.42 Å². The van der Waals surface area contributed by atoms with Crippen LogP contribution in [0.25, 0.3) is 21.5 Å². The molecule has 3 aromatic rings. The normalized spacial score (nSPS) is 11.0. The number of fused-ring (bicyclic) bond motifs is 2. The Hall–Kier alpha value is -2.15. The van der Waals surface area contributed by atoms with Gasteiger partial charge in [-0.05, 0) is 52.4 Å². The number of carbonyl (C=O) groups excluding carboxylic acids is 1. The van der Waals surface area contributed by atoms with Crippen molar-refractivity contribution < 1.29 is 4.79 Å². The Morgan fingerprint density at radius 3 is 2.00 bits per heavy atom. The standard InChI is InChI=1S/C19H17O/c20-13-7-1-2-12-19-17-10-5-3-8-15(17)14-16-9-4-6-11-18(16)19/h3-6,8-11,14H,1-2,7,12H2. The molecule has 3 aromatic carbocycles. The van der Waals surface area contributed by atoms with Crippen molar-refractivity contribution in [2.75, 3.05) is 0 Å². The van der Waals surface area contributed by atoms with Gasteiger partial charge in [-0.1, -0.05) is 48.5 Å². The van der Waals surface area contributed by atoms with Crippen molar-refractivity contribution in [3.63, 3.8) is 0 Å². The molecule has 0 heterocycles. The van der Waals surface area contributed by atoms with Crippen LogP contribution in [0.2, 0.25) is 0 Å². The maximum atomic E-state index is 10.3. The van der Waals surface area contributed by atoms with E-state index in [-0.39, 0.29) is 0 Å². The van der Waals surface area contributed by atoms with Crippen LogP contribution in [-0.4, -0.2) is 6.29 Å². The van der Waals surface area contributed by atoms with Gasteiger partial charge in [0.05, 0.1) is 0 Å². The Balaban J connectivity index is 2.10. The van der Waals surface area contributed by atoms with Gasteiger partial charge in [-0.2, -0.15) is 0 Å². The Bertz CT molecular complexity index is 689. The quantitative estimate of drug-likeness (QED) is 0.475. The third-order valence-corrected chi connectivity index (χ3v) is 3.84. The van der Waals surface area contributed by atoms with Crippen LogP contribution in [0.15, 0.2) is 54.6 Å². The lowest BCUT2D eigenvalue weighted by Crippen LogP contribution is -1.91. The second-order valence-electron chi connectivity index (χ2n) is 5.15. The highest BCUT2D eigenvalue weighted by atomic mass is 16.1. The van der Waals surface area contributed by atoms with Crippen LogP contribution in [0, 0.1) is 0 Å². The molecule has 1 heteroatoms. The lowest BCUT2D eigenvalue weighted by Gasteiger charge is -2.11. The Morgan fingerprint density at radius 1 is 0.800 bits per heavy atom. The fourth-order valence-corrected chi connectivity index (χ4v) is 2.88. The molecule has 0 spiro atoms. The first-order valence-corrected chi connectivity index (χ1v) is 7.14. The van der Waals surface area contributed by atoms with E-state index in [0.717, 1.165) is 19.3 Å². The molecule has 3 rings (SSSR count). The fraction of sp³-hybridized carbons (Fsp3) is 0.211. The Labute approximate surface area is 119 Å². The van der Waals surface area contributed by atoms with Gasteiger partial charge in [-0.25, -0.2) is 0 Å². The second kappa shape index (κ2) is 5.87. The van der Waals surface area contributed by atoms with Gasteiger partial charge in [0.25, 0.3) is 0 Å². The molecule has 0 atom stereocenters. The van der Waals surface area contributed by atoms with Gasteiger partial charge in [0.2, 0.25) is 0 Å². The molecule has 0 aromatic heterocycles. The number of hydrogen-bond acceptors (Lipinski definition) is 1. The predicted molar refractivity (Wildman–Crippen MR) is 84.7 cm³/mol. The molecule has 0 aliphatic heterocycles. The highest BCUT2D eigenvalue weighted by Gasteiger charge is 2.06. The molecule has 99 valence electrons. The second-order valence-corrected chi connectivity index (χ2v) is 5.15. The molecular weight excluding hydrogens is 244 g/mol. The molecule has 0 aliphatic carbocycles. The van der Waals surface area contributed by atoms with Gasteiger partial charge in [-0.15, -0.1) is 0 Å². The van der Waals surface area contributed by atoms with Crippen LogP contribution in [0.1, 0.15) is 24.8 Å². The lowest BCUT2D eigenvalue weighted by atomic mass is 9.93. The van der Waals surface area contributed by atoms with Crippen molar-refractivity contribution in [3.8, 4) is 0 Å². The Kier molecular flexibility index (Phi) is 3.78. The highest BCUT2D eigenvalue weighted by molar-refractivity contribution is 6.02. The molecule has 0 amide bonds. The number of hydrogen-bond donors (Lipinski definition) is 0. The molecule has 0 N–H and O–H groups in total. The molecule has 0 aliphatic rings. The van der Waals surface area contributed by atoms with Crippen LogP contribution in [0.5, 0.6) is 0 Å². The van der Waals surface area contributed by atoms with E-state index >= 15 is 0 Å². The van der Waals surface area contributed by atoms with Crippen molar-refractivity contribution >= 4 is 27.8 Å². The van der Waals surface area contributed by atoms with Crippen LogP contribution in [0.3, 0.4) is 0 Å². The van der Waals surface area contributed by atoms with E-state index in [9.17, 15) is 4.79 Å². The average molecular weight is 261 g/mol. The fourth-order valence-electron chi connectivity index (χ4n) is 2.88. The molecule has 0 bridgehead atoms. The number of unbranched alkanes of at least 4 members (excludes halogenated alkanes) is 2. The first-order chi connectivity index (χ1) is 9.90. The summed E-state index contributed by atoms with van der Waals surface area (Å²) in [6.07, 6.45) is 5.49. The lowest BCUT2D eigenvalue weighted by molar-refractivity contribution is 0.547. The molecular formula is C19H17O. The van der Waals surface area contributed by atoms with E-state index in [0.29, 0.717) is 6.42 Å². The maximum absolute atomic E-state index is 10.3. The zero-order valence-corrected chi connectivity index (χ0v) is 11.4. The molecule has 0 saturated heterocycles. The highest BCUT2D eigenvalue weighted by Crippen LogP contribution is 2.29. The third-order valence-electron chi connectivity index (χ3n) is 3.84. The van der Waals surface area contributed by atoms with E-state index in [4.69, 9.17) is 0 Å². The summed E-state index contributed by atoms with van der Waals surface area (Å²) >= 11 is 0. The number of aryl methyl sites for hydroxylation is 1. The van der Waals surface area contributed by atoms with Gasteiger partial charge < -0.3 is 0 Å². The minimum absolute atomic E-state index is 0.544. The zero-order valence-electron chi connectivity index (χ0n) is 11.4. The summed E-state index contributed by atoms with van der Waals surface area (Å²) in [7, 11) is 0. The average Bonchev–Trinajstić information content (AvgIpc) is 2.50. The largest absolute Gasteiger partial charge is 0.291 e. The van der Waals surface area contributed by atoms with Crippen LogP contribution in [0.4, 0.5) is 0 Å². The van der Waals surface area contributed by atoms with Crippen molar-refractivity contribution in [3.05, 3.63) is 60.2 Å². The summed E-state index contributed by atoms with van der Waals surface area (Å²) in [5.41, 5.74) is 1.41. The maximum Gasteiger partial charge on any atom is 0.198 e. The predicted octanol–water partition coefficient (Wildman–Crippen LogP) is 4.82. The smallest absolute Gasteiger partial charge is 0.198 e. The van der Waals surface area contributed by atoms with E-state index < -0.39 is 0 Å². The van der Waals surface area contributed by atoms with E-state index in [1.807, 2.05) is 6.29 Å². The molecule has 1 radical (unpaired) electrons. The molecule has 0 unspecified atom stereocenters. The van der Waals surface area contributed by atoms with Crippen molar-refractivity contribution in [1.82, 2.24) is 0 Å². The van der Waals surface area contributed by atoms with E-state index in [1.54, 1.807) is 0 Å². The minimum atomic E-state index is 0.544.